The highest BCUT2D eigenvalue weighted by Gasteiger charge is 2.18. The molecule has 1 aromatic carbocycles. The van der Waals surface area contributed by atoms with Gasteiger partial charge in [0.15, 0.2) is 0 Å². The van der Waals surface area contributed by atoms with Crippen LogP contribution in [0.5, 0.6) is 0 Å². The summed E-state index contributed by atoms with van der Waals surface area (Å²) in [5, 5.41) is 4.17. The molecule has 0 saturated heterocycles. The second-order valence-electron chi connectivity index (χ2n) is 3.93. The van der Waals surface area contributed by atoms with Gasteiger partial charge in [0.1, 0.15) is 0 Å². The molecule has 1 aromatic heterocycles. The maximum atomic E-state index is 5.68. The van der Waals surface area contributed by atoms with Crippen LogP contribution >= 0.6 is 15.9 Å². The first-order valence-electron chi connectivity index (χ1n) is 5.34. The molecule has 2 aromatic rings. The van der Waals surface area contributed by atoms with Gasteiger partial charge in [-0.05, 0) is 30.2 Å². The highest BCUT2D eigenvalue weighted by Crippen LogP contribution is 2.28. The van der Waals surface area contributed by atoms with E-state index in [1.807, 2.05) is 29.9 Å². The number of hydrogen-bond donors (Lipinski definition) is 2. The number of nitrogens with two attached hydrogens (primary N) is 1. The molecule has 0 fully saturated rings. The Morgan fingerprint density at radius 3 is 2.76 bits per heavy atom. The monoisotopic (exact) mass is 294 g/mol. The van der Waals surface area contributed by atoms with Gasteiger partial charge in [-0.15, -0.1) is 0 Å². The molecule has 0 aliphatic carbocycles. The summed E-state index contributed by atoms with van der Waals surface area (Å²) in [5.74, 6) is 5.68. The van der Waals surface area contributed by atoms with Gasteiger partial charge in [0.25, 0.3) is 0 Å². The Labute approximate surface area is 109 Å². The second kappa shape index (κ2) is 5.00. The van der Waals surface area contributed by atoms with E-state index in [4.69, 9.17) is 5.84 Å². The predicted molar refractivity (Wildman–Crippen MR) is 71.3 cm³/mol. The summed E-state index contributed by atoms with van der Waals surface area (Å²) in [4.78, 5) is 0. The summed E-state index contributed by atoms with van der Waals surface area (Å²) in [7, 11) is 1.91. The van der Waals surface area contributed by atoms with Gasteiger partial charge in [-0.1, -0.05) is 28.1 Å². The molecule has 5 heteroatoms. The van der Waals surface area contributed by atoms with Gasteiger partial charge in [-0.2, -0.15) is 5.10 Å². The highest BCUT2D eigenvalue weighted by molar-refractivity contribution is 9.10. The number of benzene rings is 1. The quantitative estimate of drug-likeness (QED) is 0.673. The standard InChI is InChI=1S/C12H15BrN4/c1-8-9(4-3-5-10(8)13)12(16-14)11-6-7-15-17(11)2/h3-7,12,16H,14H2,1-2H3. The second-order valence-corrected chi connectivity index (χ2v) is 4.79. The van der Waals surface area contributed by atoms with E-state index in [-0.39, 0.29) is 6.04 Å². The minimum atomic E-state index is -0.0556. The Morgan fingerprint density at radius 2 is 2.18 bits per heavy atom. The van der Waals surface area contributed by atoms with Crippen molar-refractivity contribution in [1.29, 1.82) is 0 Å². The van der Waals surface area contributed by atoms with E-state index >= 15 is 0 Å². The lowest BCUT2D eigenvalue weighted by Crippen LogP contribution is -2.30. The van der Waals surface area contributed by atoms with Gasteiger partial charge >= 0.3 is 0 Å². The molecule has 0 radical (unpaired) electrons. The Kier molecular flexibility index (Phi) is 3.61. The van der Waals surface area contributed by atoms with Crippen LogP contribution in [0.1, 0.15) is 22.9 Å². The zero-order valence-electron chi connectivity index (χ0n) is 9.81. The fourth-order valence-electron chi connectivity index (χ4n) is 1.94. The zero-order chi connectivity index (χ0) is 12.4. The normalized spacial score (nSPS) is 12.7. The Bertz CT molecular complexity index is 521. The SMILES string of the molecule is Cc1c(Br)cccc1C(NN)c1ccnn1C. The number of rotatable bonds is 3. The highest BCUT2D eigenvalue weighted by atomic mass is 79.9. The Morgan fingerprint density at radius 1 is 1.41 bits per heavy atom. The van der Waals surface area contributed by atoms with Gasteiger partial charge in [0, 0.05) is 17.7 Å². The molecule has 1 heterocycles. The first-order valence-corrected chi connectivity index (χ1v) is 6.13. The van der Waals surface area contributed by atoms with Crippen LogP contribution < -0.4 is 11.3 Å². The molecule has 0 amide bonds. The van der Waals surface area contributed by atoms with Crippen molar-refractivity contribution < 1.29 is 0 Å². The van der Waals surface area contributed by atoms with Crippen LogP contribution in [0.15, 0.2) is 34.9 Å². The number of hydrazine groups is 1. The van der Waals surface area contributed by atoms with Gasteiger partial charge in [-0.25, -0.2) is 5.43 Å². The zero-order valence-corrected chi connectivity index (χ0v) is 11.4. The number of aryl methyl sites for hydroxylation is 1. The third kappa shape index (κ3) is 2.26. The molecule has 0 saturated carbocycles. The van der Waals surface area contributed by atoms with Crippen molar-refractivity contribution in [3.8, 4) is 0 Å². The molecule has 4 nitrogen and oxygen atoms in total. The van der Waals surface area contributed by atoms with Gasteiger partial charge in [0.2, 0.25) is 0 Å². The average molecular weight is 295 g/mol. The van der Waals surface area contributed by atoms with Crippen molar-refractivity contribution in [2.45, 2.75) is 13.0 Å². The van der Waals surface area contributed by atoms with Crippen LogP contribution in [-0.2, 0) is 7.05 Å². The van der Waals surface area contributed by atoms with Crippen LogP contribution in [0, 0.1) is 6.92 Å². The van der Waals surface area contributed by atoms with E-state index < -0.39 is 0 Å². The van der Waals surface area contributed by atoms with E-state index in [0.29, 0.717) is 0 Å². The molecule has 2 rings (SSSR count). The fraction of sp³-hybridized carbons (Fsp3) is 0.250. The van der Waals surface area contributed by atoms with Crippen molar-refractivity contribution >= 4 is 15.9 Å². The predicted octanol–water partition coefficient (Wildman–Crippen LogP) is 2.04. The number of halogens is 1. The minimum Gasteiger partial charge on any atom is -0.271 e. The lowest BCUT2D eigenvalue weighted by molar-refractivity contribution is 0.572. The average Bonchev–Trinajstić information content (AvgIpc) is 2.72. The van der Waals surface area contributed by atoms with Crippen molar-refractivity contribution in [3.05, 3.63) is 51.8 Å². The third-order valence-corrected chi connectivity index (χ3v) is 3.80. The van der Waals surface area contributed by atoms with Crippen molar-refractivity contribution in [2.75, 3.05) is 0 Å². The van der Waals surface area contributed by atoms with Crippen LogP contribution in [0.2, 0.25) is 0 Å². The number of nitrogens with one attached hydrogen (secondary N) is 1. The summed E-state index contributed by atoms with van der Waals surface area (Å²) in [6.45, 7) is 2.07. The van der Waals surface area contributed by atoms with E-state index in [2.05, 4.69) is 39.4 Å². The lowest BCUT2D eigenvalue weighted by atomic mass is 9.99. The van der Waals surface area contributed by atoms with E-state index in [9.17, 15) is 0 Å². The molecule has 0 spiro atoms. The van der Waals surface area contributed by atoms with E-state index in [1.54, 1.807) is 6.20 Å². The minimum absolute atomic E-state index is 0.0556. The topological polar surface area (TPSA) is 55.9 Å². The number of hydrogen-bond acceptors (Lipinski definition) is 3. The van der Waals surface area contributed by atoms with Gasteiger partial charge < -0.3 is 0 Å². The van der Waals surface area contributed by atoms with Crippen LogP contribution in [0.3, 0.4) is 0 Å². The molecule has 1 atom stereocenters. The maximum absolute atomic E-state index is 5.68. The molecule has 0 aliphatic heterocycles. The van der Waals surface area contributed by atoms with Crippen LogP contribution in [-0.4, -0.2) is 9.78 Å². The van der Waals surface area contributed by atoms with E-state index in [0.717, 1.165) is 15.7 Å². The van der Waals surface area contributed by atoms with E-state index in [1.165, 1.54) is 5.56 Å². The Balaban J connectivity index is 2.50. The molecule has 0 aliphatic rings. The molecule has 0 bridgehead atoms. The largest absolute Gasteiger partial charge is 0.271 e. The number of nitrogens with zero attached hydrogens (tertiary/aromatic N) is 2. The lowest BCUT2D eigenvalue weighted by Gasteiger charge is -2.19. The van der Waals surface area contributed by atoms with Crippen LogP contribution in [0.25, 0.3) is 0 Å². The third-order valence-electron chi connectivity index (χ3n) is 2.94. The molecular formula is C12H15BrN4. The first kappa shape index (κ1) is 12.3. The summed E-state index contributed by atoms with van der Waals surface area (Å²) in [5.41, 5.74) is 6.21. The van der Waals surface area contributed by atoms with Crippen molar-refractivity contribution in [1.82, 2.24) is 15.2 Å². The summed E-state index contributed by atoms with van der Waals surface area (Å²) < 4.78 is 2.91. The van der Waals surface area contributed by atoms with Crippen LogP contribution in [0.4, 0.5) is 0 Å². The molecular weight excluding hydrogens is 280 g/mol. The van der Waals surface area contributed by atoms with Crippen molar-refractivity contribution in [2.24, 2.45) is 12.9 Å². The fourth-order valence-corrected chi connectivity index (χ4v) is 2.32. The summed E-state index contributed by atoms with van der Waals surface area (Å²) in [6.07, 6.45) is 1.77. The first-order chi connectivity index (χ1) is 8.15. The number of aromatic nitrogens is 2. The summed E-state index contributed by atoms with van der Waals surface area (Å²) in [6, 6.07) is 8.01. The van der Waals surface area contributed by atoms with Gasteiger partial charge in [0.05, 0.1) is 11.7 Å². The smallest absolute Gasteiger partial charge is 0.0881 e. The van der Waals surface area contributed by atoms with Gasteiger partial charge in [-0.3, -0.25) is 10.5 Å². The molecule has 1 unspecified atom stereocenters. The molecule has 90 valence electrons. The molecule has 17 heavy (non-hydrogen) atoms. The molecule has 3 N–H and O–H groups in total. The summed E-state index contributed by atoms with van der Waals surface area (Å²) >= 11 is 3.53. The Hall–Kier alpha value is -1.17. The van der Waals surface area contributed by atoms with Crippen molar-refractivity contribution in [3.63, 3.8) is 0 Å². The maximum Gasteiger partial charge on any atom is 0.0881 e.